The minimum absolute atomic E-state index is 0.141. The van der Waals surface area contributed by atoms with E-state index in [4.69, 9.17) is 5.11 Å². The average Bonchev–Trinajstić information content (AvgIpc) is 1.68. The molecule has 0 fully saturated rings. The van der Waals surface area contributed by atoms with Gasteiger partial charge in [-0.1, -0.05) is 26.0 Å². The number of aliphatic hydroxyl groups is 1. The van der Waals surface area contributed by atoms with Gasteiger partial charge in [0.15, 0.2) is 0 Å². The fourth-order valence-electron chi connectivity index (χ4n) is 0.614. The van der Waals surface area contributed by atoms with Crippen LogP contribution in [0.15, 0.2) is 0 Å². The van der Waals surface area contributed by atoms with Gasteiger partial charge in [-0.2, -0.15) is 0 Å². The van der Waals surface area contributed by atoms with Crippen molar-refractivity contribution in [2.24, 2.45) is 0 Å². The molecule has 0 aliphatic carbocycles. The summed E-state index contributed by atoms with van der Waals surface area (Å²) in [6, 6.07) is 0. The van der Waals surface area contributed by atoms with Crippen LogP contribution in [-0.4, -0.2) is 17.0 Å². The lowest BCUT2D eigenvalue weighted by molar-refractivity contribution is 0.161. The first-order chi connectivity index (χ1) is 3.81. The van der Waals surface area contributed by atoms with Gasteiger partial charge < -0.3 is 5.11 Å². The number of aliphatic hydroxyl groups excluding tert-OH is 1. The quantitative estimate of drug-likeness (QED) is 0.619. The van der Waals surface area contributed by atoms with Crippen molar-refractivity contribution in [3.8, 4) is 0 Å². The van der Waals surface area contributed by atoms with E-state index in [0.717, 1.165) is 19.3 Å². The molecule has 8 heavy (non-hydrogen) atoms. The zero-order valence-corrected chi connectivity index (χ0v) is 6.08. The second kappa shape index (κ2) is 5.45. The van der Waals surface area contributed by atoms with Gasteiger partial charge in [-0.25, -0.2) is 0 Å². The highest BCUT2D eigenvalue weighted by Gasteiger charge is 1.98. The summed E-state index contributed by atoms with van der Waals surface area (Å²) < 4.78 is 0. The highest BCUT2D eigenvalue weighted by molar-refractivity contribution is 7.80. The summed E-state index contributed by atoms with van der Waals surface area (Å²) in [6.07, 6.45) is 2.59. The highest BCUT2D eigenvalue weighted by Crippen LogP contribution is 2.00. The summed E-state index contributed by atoms with van der Waals surface area (Å²) in [5.41, 5.74) is 0. The molecule has 0 aromatic heterocycles. The molecule has 0 saturated carbocycles. The first-order valence-electron chi connectivity index (χ1n) is 3.07. The lowest BCUT2D eigenvalue weighted by Crippen LogP contribution is -2.05. The third-order valence-corrected chi connectivity index (χ3v) is 1.31. The van der Waals surface area contributed by atoms with Gasteiger partial charge in [-0.15, -0.1) is 0 Å². The Bertz CT molecular complexity index is 41.8. The molecular formula is C6H13OS. The average molecular weight is 133 g/mol. The van der Waals surface area contributed by atoms with E-state index in [0.29, 0.717) is 5.75 Å². The Balaban J connectivity index is 2.92. The predicted molar refractivity (Wildman–Crippen MR) is 38.0 cm³/mol. The molecule has 0 spiro atoms. The first kappa shape index (κ1) is 8.31. The maximum absolute atomic E-state index is 8.98. The summed E-state index contributed by atoms with van der Waals surface area (Å²) in [5.74, 6) is 0.682. The van der Waals surface area contributed by atoms with Gasteiger partial charge in [-0.3, -0.25) is 0 Å². The Kier molecular flexibility index (Phi) is 5.66. The second-order valence-corrected chi connectivity index (χ2v) is 2.34. The largest absolute Gasteiger partial charge is 0.393 e. The van der Waals surface area contributed by atoms with Crippen LogP contribution in [0.25, 0.3) is 0 Å². The molecule has 0 rings (SSSR count). The summed E-state index contributed by atoms with van der Waals surface area (Å²) in [4.78, 5) is 0. The van der Waals surface area contributed by atoms with Gasteiger partial charge >= 0.3 is 0 Å². The lowest BCUT2D eigenvalue weighted by Gasteiger charge is -2.04. The normalized spacial score (nSPS) is 13.9. The van der Waals surface area contributed by atoms with Gasteiger partial charge in [0.1, 0.15) is 0 Å². The smallest absolute Gasteiger partial charge is 0.0548 e. The van der Waals surface area contributed by atoms with Crippen molar-refractivity contribution in [2.75, 3.05) is 5.75 Å². The third kappa shape index (κ3) is 4.47. The topological polar surface area (TPSA) is 20.2 Å². The van der Waals surface area contributed by atoms with Crippen molar-refractivity contribution >= 4 is 12.6 Å². The van der Waals surface area contributed by atoms with E-state index in [1.54, 1.807) is 0 Å². The Morgan fingerprint density at radius 3 is 2.50 bits per heavy atom. The van der Waals surface area contributed by atoms with E-state index >= 15 is 0 Å². The number of hydrogen-bond donors (Lipinski definition) is 1. The molecule has 49 valence electrons. The van der Waals surface area contributed by atoms with Crippen molar-refractivity contribution in [3.05, 3.63) is 0 Å². The summed E-state index contributed by atoms with van der Waals surface area (Å²) in [5, 5.41) is 8.98. The fourth-order valence-corrected chi connectivity index (χ4v) is 0.886. The lowest BCUT2D eigenvalue weighted by atomic mass is 10.2. The van der Waals surface area contributed by atoms with Gasteiger partial charge in [-0.05, 0) is 12.8 Å². The minimum Gasteiger partial charge on any atom is -0.393 e. The second-order valence-electron chi connectivity index (χ2n) is 1.94. The number of rotatable bonds is 4. The van der Waals surface area contributed by atoms with Gasteiger partial charge in [0.05, 0.1) is 6.10 Å². The molecule has 0 aliphatic rings. The molecule has 0 amide bonds. The maximum Gasteiger partial charge on any atom is 0.0548 e. The summed E-state index contributed by atoms with van der Waals surface area (Å²) >= 11 is 4.68. The van der Waals surface area contributed by atoms with Crippen LogP contribution in [0.1, 0.15) is 26.2 Å². The molecule has 1 radical (unpaired) electrons. The standard InChI is InChI=1S/C6H13OS/c1-2-3-6(7)4-5-8/h6-7H,2-5H2,1H3. The van der Waals surface area contributed by atoms with Crippen LogP contribution in [0.3, 0.4) is 0 Å². The Hall–Kier alpha value is 0.310. The molecular weight excluding hydrogens is 120 g/mol. The fraction of sp³-hybridized carbons (Fsp3) is 1.00. The van der Waals surface area contributed by atoms with E-state index in [2.05, 4.69) is 19.6 Å². The van der Waals surface area contributed by atoms with Crippen molar-refractivity contribution in [3.63, 3.8) is 0 Å². The van der Waals surface area contributed by atoms with Crippen LogP contribution in [0.4, 0.5) is 0 Å². The van der Waals surface area contributed by atoms with Crippen molar-refractivity contribution in [1.82, 2.24) is 0 Å². The molecule has 1 unspecified atom stereocenters. The molecule has 0 heterocycles. The van der Waals surface area contributed by atoms with Crippen LogP contribution in [0.2, 0.25) is 0 Å². The zero-order valence-electron chi connectivity index (χ0n) is 5.26. The molecule has 0 bridgehead atoms. The summed E-state index contributed by atoms with van der Waals surface area (Å²) in [6.45, 7) is 2.06. The zero-order chi connectivity index (χ0) is 6.41. The minimum atomic E-state index is -0.141. The SMILES string of the molecule is CCCC(O)CC[S]. The third-order valence-electron chi connectivity index (χ3n) is 1.07. The summed E-state index contributed by atoms with van der Waals surface area (Å²) in [7, 11) is 0. The molecule has 2 heteroatoms. The van der Waals surface area contributed by atoms with Gasteiger partial charge in [0, 0.05) is 5.75 Å². The van der Waals surface area contributed by atoms with Crippen molar-refractivity contribution < 1.29 is 5.11 Å². The Labute approximate surface area is 56.5 Å². The molecule has 0 saturated heterocycles. The van der Waals surface area contributed by atoms with E-state index in [1.807, 2.05) is 0 Å². The van der Waals surface area contributed by atoms with Gasteiger partial charge in [0.25, 0.3) is 0 Å². The number of hydrogen-bond acceptors (Lipinski definition) is 1. The van der Waals surface area contributed by atoms with E-state index < -0.39 is 0 Å². The van der Waals surface area contributed by atoms with E-state index in [-0.39, 0.29) is 6.10 Å². The van der Waals surface area contributed by atoms with Crippen molar-refractivity contribution in [2.45, 2.75) is 32.3 Å². The molecule has 1 atom stereocenters. The predicted octanol–water partition coefficient (Wildman–Crippen LogP) is 1.73. The first-order valence-corrected chi connectivity index (χ1v) is 3.65. The maximum atomic E-state index is 8.98. The van der Waals surface area contributed by atoms with Crippen molar-refractivity contribution in [1.29, 1.82) is 0 Å². The van der Waals surface area contributed by atoms with E-state index in [1.165, 1.54) is 0 Å². The molecule has 0 aliphatic heterocycles. The molecule has 1 nitrogen and oxygen atoms in total. The molecule has 1 N–H and O–H groups in total. The monoisotopic (exact) mass is 133 g/mol. The Morgan fingerprint density at radius 2 is 2.12 bits per heavy atom. The molecule has 0 aromatic rings. The van der Waals surface area contributed by atoms with Crippen LogP contribution < -0.4 is 0 Å². The van der Waals surface area contributed by atoms with Crippen LogP contribution in [0, 0.1) is 0 Å². The Morgan fingerprint density at radius 1 is 1.50 bits per heavy atom. The van der Waals surface area contributed by atoms with Crippen LogP contribution in [-0.2, 0) is 0 Å². The van der Waals surface area contributed by atoms with Crippen LogP contribution in [0.5, 0.6) is 0 Å². The molecule has 0 aromatic carbocycles. The highest BCUT2D eigenvalue weighted by atomic mass is 32.1. The van der Waals surface area contributed by atoms with Gasteiger partial charge in [0.2, 0.25) is 0 Å². The van der Waals surface area contributed by atoms with E-state index in [9.17, 15) is 0 Å². The van der Waals surface area contributed by atoms with Crippen LogP contribution >= 0.6 is 12.6 Å².